The van der Waals surface area contributed by atoms with Gasteiger partial charge in [-0.25, -0.2) is 8.78 Å². The van der Waals surface area contributed by atoms with E-state index in [1.165, 1.54) is 12.1 Å². The Hall–Kier alpha value is -2.55. The monoisotopic (exact) mass is 420 g/mol. The van der Waals surface area contributed by atoms with E-state index < -0.39 is 17.5 Å². The van der Waals surface area contributed by atoms with Crippen LogP contribution in [0.4, 0.5) is 8.78 Å². The number of amides is 3. The summed E-state index contributed by atoms with van der Waals surface area (Å²) in [6, 6.07) is 3.08. The van der Waals surface area contributed by atoms with E-state index in [0.29, 0.717) is 51.9 Å². The lowest BCUT2D eigenvalue weighted by molar-refractivity contribution is -0.143. The highest BCUT2D eigenvalue weighted by Gasteiger charge is 2.38. The lowest BCUT2D eigenvalue weighted by Crippen LogP contribution is -2.65. The van der Waals surface area contributed by atoms with Gasteiger partial charge in [0.25, 0.3) is 5.91 Å². The molecule has 1 unspecified atom stereocenters. The second-order valence-electron chi connectivity index (χ2n) is 8.25. The van der Waals surface area contributed by atoms with Crippen molar-refractivity contribution in [3.05, 3.63) is 35.4 Å². The molecule has 162 valence electrons. The van der Waals surface area contributed by atoms with Crippen LogP contribution in [0, 0.1) is 17.6 Å². The molecule has 3 aliphatic rings. The highest BCUT2D eigenvalue weighted by atomic mass is 19.2. The van der Waals surface area contributed by atoms with Crippen molar-refractivity contribution < 1.29 is 23.2 Å². The quantitative estimate of drug-likeness (QED) is 0.761. The van der Waals surface area contributed by atoms with Crippen LogP contribution in [0.25, 0.3) is 0 Å². The molecular weight excluding hydrogens is 394 g/mol. The fourth-order valence-corrected chi connectivity index (χ4v) is 4.66. The van der Waals surface area contributed by atoms with Crippen molar-refractivity contribution in [3.8, 4) is 0 Å². The molecule has 1 atom stereocenters. The molecule has 2 saturated heterocycles. The Morgan fingerprint density at radius 3 is 2.60 bits per heavy atom. The van der Waals surface area contributed by atoms with Crippen molar-refractivity contribution in [2.45, 2.75) is 37.8 Å². The van der Waals surface area contributed by atoms with E-state index in [-0.39, 0.29) is 35.4 Å². The number of benzene rings is 1. The predicted molar refractivity (Wildman–Crippen MR) is 105 cm³/mol. The normalized spacial score (nSPS) is 27.2. The van der Waals surface area contributed by atoms with Gasteiger partial charge in [0, 0.05) is 44.7 Å². The molecule has 0 spiro atoms. The van der Waals surface area contributed by atoms with Crippen LogP contribution < -0.4 is 10.6 Å². The summed E-state index contributed by atoms with van der Waals surface area (Å²) in [5.74, 6) is -2.93. The van der Waals surface area contributed by atoms with Crippen LogP contribution in [-0.4, -0.2) is 72.3 Å². The van der Waals surface area contributed by atoms with Crippen molar-refractivity contribution in [3.63, 3.8) is 0 Å². The van der Waals surface area contributed by atoms with Gasteiger partial charge in [0.2, 0.25) is 11.8 Å². The minimum Gasteiger partial charge on any atom is -0.353 e. The van der Waals surface area contributed by atoms with Gasteiger partial charge in [0.05, 0.1) is 5.56 Å². The Balaban J connectivity index is 1.29. The Bertz CT molecular complexity index is 842. The Labute approximate surface area is 173 Å². The molecule has 1 aromatic carbocycles. The number of nitrogens with zero attached hydrogens (tertiary/aromatic N) is 2. The number of fused-ring (bicyclic) bond motifs is 1. The first kappa shape index (κ1) is 20.7. The third-order valence-electron chi connectivity index (χ3n) is 6.41. The highest BCUT2D eigenvalue weighted by Crippen LogP contribution is 2.27. The minimum atomic E-state index is -1.15. The minimum absolute atomic E-state index is 0.0187. The van der Waals surface area contributed by atoms with Crippen LogP contribution in [0.5, 0.6) is 0 Å². The molecule has 3 fully saturated rings. The van der Waals surface area contributed by atoms with Crippen LogP contribution in [0.3, 0.4) is 0 Å². The highest BCUT2D eigenvalue weighted by molar-refractivity contribution is 5.94. The molecule has 2 aliphatic heterocycles. The molecule has 2 heterocycles. The van der Waals surface area contributed by atoms with Gasteiger partial charge in [0.1, 0.15) is 6.04 Å². The lowest BCUT2D eigenvalue weighted by Gasteiger charge is -2.44. The van der Waals surface area contributed by atoms with Crippen LogP contribution >= 0.6 is 0 Å². The number of rotatable bonds is 3. The molecule has 4 rings (SSSR count). The smallest absolute Gasteiger partial charge is 0.254 e. The van der Waals surface area contributed by atoms with Crippen LogP contribution in [0.1, 0.15) is 36.0 Å². The van der Waals surface area contributed by atoms with Gasteiger partial charge in [-0.2, -0.15) is 0 Å². The zero-order chi connectivity index (χ0) is 21.3. The van der Waals surface area contributed by atoms with Crippen LogP contribution in [0.15, 0.2) is 18.2 Å². The standard InChI is InChI=1S/C21H26F2N4O3/c22-16-3-1-2-15(18(16)23)19(28)25-14-6-4-13(5-7-14)21(30)27-11-10-26-9-8-24-20(29)17(26)12-27/h1-3,13-14,17H,4-12H2,(H,24,29)(H,25,28). The van der Waals surface area contributed by atoms with E-state index >= 15 is 0 Å². The molecule has 9 heteroatoms. The Morgan fingerprint density at radius 1 is 1.07 bits per heavy atom. The van der Waals surface area contributed by atoms with Gasteiger partial charge < -0.3 is 15.5 Å². The summed E-state index contributed by atoms with van der Waals surface area (Å²) in [4.78, 5) is 41.3. The molecule has 1 aliphatic carbocycles. The third kappa shape index (κ3) is 4.16. The van der Waals surface area contributed by atoms with Crippen LogP contribution in [-0.2, 0) is 9.59 Å². The van der Waals surface area contributed by atoms with Gasteiger partial charge in [-0.3, -0.25) is 19.3 Å². The fourth-order valence-electron chi connectivity index (χ4n) is 4.66. The van der Waals surface area contributed by atoms with E-state index in [9.17, 15) is 23.2 Å². The zero-order valence-electron chi connectivity index (χ0n) is 16.7. The number of carbonyl (C=O) groups excluding carboxylic acids is 3. The molecule has 0 bridgehead atoms. The molecule has 1 aromatic rings. The van der Waals surface area contributed by atoms with Crippen molar-refractivity contribution in [1.29, 1.82) is 0 Å². The lowest BCUT2D eigenvalue weighted by atomic mass is 9.84. The summed E-state index contributed by atoms with van der Waals surface area (Å²) in [5.41, 5.74) is -0.308. The van der Waals surface area contributed by atoms with Crippen molar-refractivity contribution in [2.75, 3.05) is 32.7 Å². The summed E-state index contributed by atoms with van der Waals surface area (Å²) in [5, 5.41) is 5.61. The summed E-state index contributed by atoms with van der Waals surface area (Å²) in [7, 11) is 0. The molecule has 1 saturated carbocycles. The maximum Gasteiger partial charge on any atom is 0.254 e. The van der Waals surface area contributed by atoms with Crippen molar-refractivity contribution in [2.24, 2.45) is 5.92 Å². The van der Waals surface area contributed by atoms with E-state index in [1.54, 1.807) is 4.90 Å². The molecule has 0 radical (unpaired) electrons. The number of nitrogens with one attached hydrogen (secondary N) is 2. The summed E-state index contributed by atoms with van der Waals surface area (Å²) in [6.45, 7) is 3.21. The maximum absolute atomic E-state index is 13.8. The molecular formula is C21H26F2N4O3. The first-order valence-electron chi connectivity index (χ1n) is 10.5. The van der Waals surface area contributed by atoms with Gasteiger partial charge in [-0.1, -0.05) is 6.07 Å². The number of halogens is 2. The second-order valence-corrected chi connectivity index (χ2v) is 8.25. The average molecular weight is 420 g/mol. The molecule has 7 nitrogen and oxygen atoms in total. The van der Waals surface area contributed by atoms with Gasteiger partial charge in [0.15, 0.2) is 11.6 Å². The van der Waals surface area contributed by atoms with Crippen LogP contribution in [0.2, 0.25) is 0 Å². The Morgan fingerprint density at radius 2 is 1.83 bits per heavy atom. The number of hydrogen-bond acceptors (Lipinski definition) is 4. The zero-order valence-corrected chi connectivity index (χ0v) is 16.7. The first-order chi connectivity index (χ1) is 14.4. The topological polar surface area (TPSA) is 81.8 Å². The predicted octanol–water partition coefficient (Wildman–Crippen LogP) is 0.896. The largest absolute Gasteiger partial charge is 0.353 e. The van der Waals surface area contributed by atoms with Crippen molar-refractivity contribution >= 4 is 17.7 Å². The molecule has 30 heavy (non-hydrogen) atoms. The van der Waals surface area contributed by atoms with Gasteiger partial charge in [-0.15, -0.1) is 0 Å². The van der Waals surface area contributed by atoms with E-state index in [4.69, 9.17) is 0 Å². The fraction of sp³-hybridized carbons (Fsp3) is 0.571. The SMILES string of the molecule is O=C(NC1CCC(C(=O)N2CCN3CCNC(=O)C3C2)CC1)c1cccc(F)c1F. The second kappa shape index (κ2) is 8.67. The first-order valence-corrected chi connectivity index (χ1v) is 10.5. The van der Waals surface area contributed by atoms with Crippen molar-refractivity contribution in [1.82, 2.24) is 20.4 Å². The number of hydrogen-bond donors (Lipinski definition) is 2. The number of piperazine rings is 2. The summed E-state index contributed by atoms with van der Waals surface area (Å²) in [6.07, 6.45) is 2.44. The number of carbonyl (C=O) groups is 3. The van der Waals surface area contributed by atoms with E-state index in [0.717, 1.165) is 12.6 Å². The van der Waals surface area contributed by atoms with Gasteiger partial charge in [-0.05, 0) is 37.8 Å². The Kier molecular flexibility index (Phi) is 5.99. The maximum atomic E-state index is 13.8. The third-order valence-corrected chi connectivity index (χ3v) is 6.41. The summed E-state index contributed by atoms with van der Waals surface area (Å²) >= 11 is 0. The van der Waals surface area contributed by atoms with Gasteiger partial charge >= 0.3 is 0 Å². The molecule has 0 aromatic heterocycles. The molecule has 3 amide bonds. The molecule has 2 N–H and O–H groups in total. The average Bonchev–Trinajstić information content (AvgIpc) is 2.76. The van der Waals surface area contributed by atoms with E-state index in [1.807, 2.05) is 0 Å². The summed E-state index contributed by atoms with van der Waals surface area (Å²) < 4.78 is 27.1. The van der Waals surface area contributed by atoms with E-state index in [2.05, 4.69) is 15.5 Å².